The van der Waals surface area contributed by atoms with Gasteiger partial charge in [-0.05, 0) is 72.6 Å². The molecule has 0 radical (unpaired) electrons. The lowest BCUT2D eigenvalue weighted by Gasteiger charge is -2.07. The summed E-state index contributed by atoms with van der Waals surface area (Å²) in [6.45, 7) is 2.88. The lowest BCUT2D eigenvalue weighted by Crippen LogP contribution is -2.08. The van der Waals surface area contributed by atoms with Crippen molar-refractivity contribution in [2.45, 2.75) is 32.6 Å². The first kappa shape index (κ1) is 21.2. The van der Waals surface area contributed by atoms with Crippen molar-refractivity contribution in [3.8, 4) is 11.5 Å². The molecule has 1 heterocycles. The zero-order valence-corrected chi connectivity index (χ0v) is 17.2. The molecular weight excluding hydrogens is 376 g/mol. The smallest absolute Gasteiger partial charge is 0.343 e. The number of carbonyl (C=O) groups is 1. The molecule has 3 rings (SSSR count). The molecule has 0 spiro atoms. The van der Waals surface area contributed by atoms with E-state index < -0.39 is 5.97 Å². The summed E-state index contributed by atoms with van der Waals surface area (Å²) in [5.74, 6) is 0.830. The highest BCUT2D eigenvalue weighted by Gasteiger charge is 2.09. The minimum Gasteiger partial charge on any atom is -0.494 e. The van der Waals surface area contributed by atoms with E-state index in [9.17, 15) is 4.79 Å². The third-order valence-corrected chi connectivity index (χ3v) is 4.47. The Hall–Kier alpha value is -3.47. The van der Waals surface area contributed by atoms with Crippen LogP contribution in [-0.4, -0.2) is 23.8 Å². The largest absolute Gasteiger partial charge is 0.494 e. The highest BCUT2D eigenvalue weighted by atomic mass is 16.5. The van der Waals surface area contributed by atoms with E-state index >= 15 is 0 Å². The monoisotopic (exact) mass is 402 g/mol. The summed E-state index contributed by atoms with van der Waals surface area (Å²) in [6.07, 6.45) is 9.85. The number of hydrogen-bond acceptors (Lipinski definition) is 5. The number of unbranched alkanes of at least 4 members (excludes halogenated alkanes) is 3. The second-order valence-electron chi connectivity index (χ2n) is 6.86. The lowest BCUT2D eigenvalue weighted by atomic mass is 10.2. The molecule has 0 aliphatic carbocycles. The van der Waals surface area contributed by atoms with Crippen LogP contribution >= 0.6 is 0 Å². The molecule has 0 atom stereocenters. The summed E-state index contributed by atoms with van der Waals surface area (Å²) in [5.41, 5.74) is 2.22. The Labute approximate surface area is 177 Å². The van der Waals surface area contributed by atoms with Crippen LogP contribution in [0.5, 0.6) is 11.5 Å². The van der Waals surface area contributed by atoms with Crippen LogP contribution in [0.25, 0.3) is 0 Å². The second kappa shape index (κ2) is 11.5. The molecular formula is C25H26N2O3. The maximum Gasteiger partial charge on any atom is 0.343 e. The van der Waals surface area contributed by atoms with Gasteiger partial charge in [0.1, 0.15) is 11.5 Å². The Balaban J connectivity index is 1.50. The highest BCUT2D eigenvalue weighted by molar-refractivity contribution is 5.91. The molecule has 30 heavy (non-hydrogen) atoms. The quantitative estimate of drug-likeness (QED) is 0.180. The standard InChI is InChI=1S/C25H26N2O3/c1-2-3-4-5-18-29-23-10-6-21(7-11-23)25(28)30-24-12-8-22(9-13-24)27-19-20-14-16-26-17-15-20/h6-17,19H,2-5,18H2,1H3. The number of rotatable bonds is 10. The van der Waals surface area contributed by atoms with Gasteiger partial charge in [-0.2, -0.15) is 0 Å². The Morgan fingerprint density at radius 1 is 0.900 bits per heavy atom. The minimum atomic E-state index is -0.405. The zero-order valence-electron chi connectivity index (χ0n) is 17.2. The van der Waals surface area contributed by atoms with Gasteiger partial charge in [-0.1, -0.05) is 26.2 Å². The number of esters is 1. The topological polar surface area (TPSA) is 60.8 Å². The molecule has 0 amide bonds. The van der Waals surface area contributed by atoms with Gasteiger partial charge in [0.2, 0.25) is 0 Å². The van der Waals surface area contributed by atoms with Crippen molar-refractivity contribution in [1.29, 1.82) is 0 Å². The van der Waals surface area contributed by atoms with Crippen LogP contribution in [-0.2, 0) is 0 Å². The number of carbonyl (C=O) groups excluding carboxylic acids is 1. The van der Waals surface area contributed by atoms with Crippen molar-refractivity contribution in [1.82, 2.24) is 4.98 Å². The van der Waals surface area contributed by atoms with E-state index in [1.807, 2.05) is 12.1 Å². The van der Waals surface area contributed by atoms with Crippen molar-refractivity contribution in [2.75, 3.05) is 6.61 Å². The Kier molecular flexibility index (Phi) is 8.15. The van der Waals surface area contributed by atoms with E-state index in [-0.39, 0.29) is 0 Å². The van der Waals surface area contributed by atoms with Gasteiger partial charge in [0.05, 0.1) is 17.9 Å². The molecule has 0 N–H and O–H groups in total. The summed E-state index contributed by atoms with van der Waals surface area (Å²) in [7, 11) is 0. The molecule has 0 unspecified atom stereocenters. The number of aliphatic imine (C=N–C) groups is 1. The van der Waals surface area contributed by atoms with Crippen LogP contribution in [0, 0.1) is 0 Å². The molecule has 2 aromatic carbocycles. The van der Waals surface area contributed by atoms with Crippen LogP contribution in [0.1, 0.15) is 48.5 Å². The fraction of sp³-hybridized carbons (Fsp3) is 0.240. The van der Waals surface area contributed by atoms with Gasteiger partial charge < -0.3 is 9.47 Å². The maximum absolute atomic E-state index is 12.4. The molecule has 0 bridgehead atoms. The number of hydrogen-bond donors (Lipinski definition) is 0. The van der Waals surface area contributed by atoms with Crippen LogP contribution in [0.4, 0.5) is 5.69 Å². The Morgan fingerprint density at radius 2 is 1.60 bits per heavy atom. The first-order valence-electron chi connectivity index (χ1n) is 10.2. The van der Waals surface area contributed by atoms with E-state index in [1.165, 1.54) is 19.3 Å². The number of pyridine rings is 1. The molecule has 0 saturated heterocycles. The molecule has 3 aromatic rings. The number of aromatic nitrogens is 1. The Bertz CT molecular complexity index is 936. The molecule has 154 valence electrons. The van der Waals surface area contributed by atoms with Gasteiger partial charge in [0.25, 0.3) is 0 Å². The predicted molar refractivity (Wildman–Crippen MR) is 119 cm³/mol. The van der Waals surface area contributed by atoms with Gasteiger partial charge >= 0.3 is 5.97 Å². The van der Waals surface area contributed by atoms with Crippen molar-refractivity contribution < 1.29 is 14.3 Å². The first-order valence-corrected chi connectivity index (χ1v) is 10.2. The first-order chi connectivity index (χ1) is 14.7. The van der Waals surface area contributed by atoms with E-state index in [0.717, 1.165) is 23.4 Å². The van der Waals surface area contributed by atoms with Crippen LogP contribution in [0.3, 0.4) is 0 Å². The molecule has 1 aromatic heterocycles. The van der Waals surface area contributed by atoms with E-state index in [0.29, 0.717) is 17.9 Å². The summed E-state index contributed by atoms with van der Waals surface area (Å²) in [4.78, 5) is 20.7. The fourth-order valence-corrected chi connectivity index (χ4v) is 2.77. The second-order valence-corrected chi connectivity index (χ2v) is 6.86. The molecule has 0 aliphatic rings. The van der Waals surface area contributed by atoms with Crippen molar-refractivity contribution in [2.24, 2.45) is 4.99 Å². The minimum absolute atomic E-state index is 0.405. The van der Waals surface area contributed by atoms with E-state index in [4.69, 9.17) is 9.47 Å². The summed E-state index contributed by atoms with van der Waals surface area (Å²) in [6, 6.07) is 17.8. The van der Waals surface area contributed by atoms with Gasteiger partial charge in [0, 0.05) is 18.6 Å². The van der Waals surface area contributed by atoms with Crippen LogP contribution in [0.15, 0.2) is 78.0 Å². The lowest BCUT2D eigenvalue weighted by molar-refractivity contribution is 0.0734. The van der Waals surface area contributed by atoms with Gasteiger partial charge in [0.15, 0.2) is 0 Å². The average Bonchev–Trinajstić information content (AvgIpc) is 2.79. The van der Waals surface area contributed by atoms with Crippen molar-refractivity contribution >= 4 is 17.9 Å². The summed E-state index contributed by atoms with van der Waals surface area (Å²) in [5, 5.41) is 0. The number of ether oxygens (including phenoxy) is 2. The van der Waals surface area contributed by atoms with Gasteiger partial charge in [-0.15, -0.1) is 0 Å². The van der Waals surface area contributed by atoms with Crippen LogP contribution < -0.4 is 9.47 Å². The molecule has 0 fully saturated rings. The molecule has 5 nitrogen and oxygen atoms in total. The fourth-order valence-electron chi connectivity index (χ4n) is 2.77. The third-order valence-electron chi connectivity index (χ3n) is 4.47. The van der Waals surface area contributed by atoms with Crippen molar-refractivity contribution in [3.05, 3.63) is 84.2 Å². The summed E-state index contributed by atoms with van der Waals surface area (Å²) < 4.78 is 11.1. The SMILES string of the molecule is CCCCCCOc1ccc(C(=O)Oc2ccc(N=Cc3ccncc3)cc2)cc1. The van der Waals surface area contributed by atoms with Gasteiger partial charge in [-0.25, -0.2) is 4.79 Å². The van der Waals surface area contributed by atoms with E-state index in [2.05, 4.69) is 16.9 Å². The molecule has 0 aliphatic heterocycles. The van der Waals surface area contributed by atoms with Crippen LogP contribution in [0.2, 0.25) is 0 Å². The molecule has 5 heteroatoms. The third kappa shape index (κ3) is 6.85. The summed E-state index contributed by atoms with van der Waals surface area (Å²) >= 11 is 0. The van der Waals surface area contributed by atoms with Crippen molar-refractivity contribution in [3.63, 3.8) is 0 Å². The average molecular weight is 402 g/mol. The maximum atomic E-state index is 12.4. The Morgan fingerprint density at radius 3 is 2.30 bits per heavy atom. The van der Waals surface area contributed by atoms with Gasteiger partial charge in [-0.3, -0.25) is 9.98 Å². The predicted octanol–water partition coefficient (Wildman–Crippen LogP) is 6.01. The number of benzene rings is 2. The highest BCUT2D eigenvalue weighted by Crippen LogP contribution is 2.20. The molecule has 0 saturated carbocycles. The number of nitrogens with zero attached hydrogens (tertiary/aromatic N) is 2. The van der Waals surface area contributed by atoms with E-state index in [1.54, 1.807) is 67.1 Å². The normalized spacial score (nSPS) is 10.8. The zero-order chi connectivity index (χ0) is 21.0.